The van der Waals surface area contributed by atoms with Crippen LogP contribution in [0, 0.1) is 17.7 Å². The summed E-state index contributed by atoms with van der Waals surface area (Å²) in [7, 11) is 0. The smallest absolute Gasteiger partial charge is 0.229 e. The molecular weight excluding hydrogens is 387 g/mol. The molecule has 160 valence electrons. The van der Waals surface area contributed by atoms with Crippen molar-refractivity contribution in [2.24, 2.45) is 11.8 Å². The third-order valence-electron chi connectivity index (χ3n) is 5.60. The summed E-state index contributed by atoms with van der Waals surface area (Å²) in [5.41, 5.74) is 0.644. The molecule has 8 nitrogen and oxygen atoms in total. The van der Waals surface area contributed by atoms with Gasteiger partial charge in [0, 0.05) is 31.9 Å². The Balaban J connectivity index is 1.45. The van der Waals surface area contributed by atoms with E-state index in [0.29, 0.717) is 29.8 Å². The van der Waals surface area contributed by atoms with Gasteiger partial charge in [-0.15, -0.1) is 0 Å². The van der Waals surface area contributed by atoms with E-state index in [4.69, 9.17) is 4.74 Å². The van der Waals surface area contributed by atoms with Gasteiger partial charge in [-0.3, -0.25) is 9.78 Å². The fourth-order valence-corrected chi connectivity index (χ4v) is 3.79. The van der Waals surface area contributed by atoms with Crippen LogP contribution in [0.5, 0.6) is 0 Å². The zero-order chi connectivity index (χ0) is 20.8. The predicted octanol–water partition coefficient (Wildman–Crippen LogP) is 2.45. The molecule has 0 aliphatic carbocycles. The summed E-state index contributed by atoms with van der Waals surface area (Å²) in [4.78, 5) is 25.2. The highest BCUT2D eigenvalue weighted by Crippen LogP contribution is 2.24. The molecule has 2 aromatic heterocycles. The molecule has 0 bridgehead atoms. The number of aromatic nitrogens is 3. The van der Waals surface area contributed by atoms with Gasteiger partial charge in [-0.2, -0.15) is 0 Å². The molecule has 2 aromatic rings. The second-order valence-electron chi connectivity index (χ2n) is 7.81. The van der Waals surface area contributed by atoms with Gasteiger partial charge in [0.1, 0.15) is 11.6 Å². The first-order chi connectivity index (χ1) is 14.7. The van der Waals surface area contributed by atoms with E-state index in [1.165, 1.54) is 12.3 Å². The molecule has 0 spiro atoms. The highest BCUT2D eigenvalue weighted by molar-refractivity contribution is 5.92. The van der Waals surface area contributed by atoms with Gasteiger partial charge < -0.3 is 20.7 Å². The van der Waals surface area contributed by atoms with Gasteiger partial charge >= 0.3 is 0 Å². The molecule has 3 N–H and O–H groups in total. The van der Waals surface area contributed by atoms with Crippen molar-refractivity contribution < 1.29 is 13.9 Å². The Morgan fingerprint density at radius 1 is 1.20 bits per heavy atom. The van der Waals surface area contributed by atoms with Crippen LogP contribution in [0.1, 0.15) is 25.7 Å². The maximum Gasteiger partial charge on any atom is 0.229 e. The molecule has 2 aliphatic rings. The quantitative estimate of drug-likeness (QED) is 0.667. The lowest BCUT2D eigenvalue weighted by Crippen LogP contribution is -2.37. The van der Waals surface area contributed by atoms with Crippen LogP contribution in [0.15, 0.2) is 24.7 Å². The Hall–Kier alpha value is -2.65. The maximum atomic E-state index is 14.5. The summed E-state index contributed by atoms with van der Waals surface area (Å²) in [5, 5.41) is 9.31. The number of carbonyl (C=O) groups is 1. The molecule has 4 heterocycles. The number of rotatable bonds is 6. The lowest BCUT2D eigenvalue weighted by Gasteiger charge is -2.22. The fourth-order valence-electron chi connectivity index (χ4n) is 3.79. The van der Waals surface area contributed by atoms with Crippen molar-refractivity contribution in [3.05, 3.63) is 30.5 Å². The van der Waals surface area contributed by atoms with Crippen molar-refractivity contribution in [1.29, 1.82) is 0 Å². The zero-order valence-electron chi connectivity index (χ0n) is 16.9. The minimum atomic E-state index is -0.511. The van der Waals surface area contributed by atoms with Crippen LogP contribution in [0.3, 0.4) is 0 Å². The topological polar surface area (TPSA) is 101 Å². The van der Waals surface area contributed by atoms with E-state index in [1.54, 1.807) is 6.20 Å². The summed E-state index contributed by atoms with van der Waals surface area (Å²) in [6, 6.07) is 1.51. The number of ether oxygens (including phenoxy) is 1. The van der Waals surface area contributed by atoms with Crippen LogP contribution >= 0.6 is 0 Å². The van der Waals surface area contributed by atoms with E-state index < -0.39 is 5.82 Å². The number of nitrogens with one attached hydrogen (secondary N) is 3. The third kappa shape index (κ3) is 5.28. The van der Waals surface area contributed by atoms with E-state index in [0.717, 1.165) is 58.2 Å². The van der Waals surface area contributed by atoms with Crippen molar-refractivity contribution in [2.75, 3.05) is 43.5 Å². The first-order valence-corrected chi connectivity index (χ1v) is 10.5. The number of nitrogens with zero attached hydrogens (tertiary/aromatic N) is 3. The first-order valence-electron chi connectivity index (χ1n) is 10.5. The number of amides is 1. The number of hydrogen-bond donors (Lipinski definition) is 3. The van der Waals surface area contributed by atoms with Gasteiger partial charge in [0.25, 0.3) is 0 Å². The average molecular weight is 414 g/mol. The van der Waals surface area contributed by atoms with E-state index in [9.17, 15) is 9.18 Å². The Bertz CT molecular complexity index is 868. The number of piperidine rings is 1. The van der Waals surface area contributed by atoms with Gasteiger partial charge in [0.2, 0.25) is 5.91 Å². The number of halogens is 1. The van der Waals surface area contributed by atoms with Crippen LogP contribution in [-0.2, 0) is 9.53 Å². The normalized spacial score (nSPS) is 20.0. The number of carbonyl (C=O) groups excluding carboxylic acids is 1. The van der Waals surface area contributed by atoms with E-state index in [-0.39, 0.29) is 17.4 Å². The largest absolute Gasteiger partial charge is 0.381 e. The highest BCUT2D eigenvalue weighted by Gasteiger charge is 2.22. The second kappa shape index (κ2) is 9.90. The van der Waals surface area contributed by atoms with Gasteiger partial charge in [-0.05, 0) is 44.2 Å². The van der Waals surface area contributed by atoms with Crippen LogP contribution in [0.4, 0.5) is 16.0 Å². The van der Waals surface area contributed by atoms with Crippen LogP contribution in [-0.4, -0.2) is 53.7 Å². The highest BCUT2D eigenvalue weighted by atomic mass is 19.1. The molecule has 2 saturated heterocycles. The van der Waals surface area contributed by atoms with Crippen LogP contribution < -0.4 is 16.0 Å². The molecule has 2 aliphatic heterocycles. The molecule has 4 rings (SSSR count). The molecule has 2 fully saturated rings. The van der Waals surface area contributed by atoms with Crippen molar-refractivity contribution in [2.45, 2.75) is 25.7 Å². The van der Waals surface area contributed by atoms with Gasteiger partial charge in [0.05, 0.1) is 30.2 Å². The minimum absolute atomic E-state index is 0.105. The summed E-state index contributed by atoms with van der Waals surface area (Å²) in [5.74, 6) is 0.705. The average Bonchev–Trinajstić information content (AvgIpc) is 2.80. The Kier molecular flexibility index (Phi) is 6.81. The lowest BCUT2D eigenvalue weighted by molar-refractivity contribution is -0.120. The first kappa shape index (κ1) is 20.6. The number of pyridine rings is 1. The minimum Gasteiger partial charge on any atom is -0.381 e. The molecule has 9 heteroatoms. The Morgan fingerprint density at radius 2 is 2.07 bits per heavy atom. The Morgan fingerprint density at radius 3 is 2.87 bits per heavy atom. The van der Waals surface area contributed by atoms with Gasteiger partial charge in [-0.25, -0.2) is 14.4 Å². The van der Waals surface area contributed by atoms with Crippen LogP contribution in [0.25, 0.3) is 11.3 Å². The summed E-state index contributed by atoms with van der Waals surface area (Å²) in [6.45, 7) is 3.92. The van der Waals surface area contributed by atoms with Crippen molar-refractivity contribution in [1.82, 2.24) is 20.3 Å². The third-order valence-corrected chi connectivity index (χ3v) is 5.60. The van der Waals surface area contributed by atoms with Gasteiger partial charge in [0.15, 0.2) is 5.82 Å². The molecule has 0 aromatic carbocycles. The van der Waals surface area contributed by atoms with Crippen LogP contribution in [0.2, 0.25) is 0 Å². The molecular formula is C21H27FN6O2. The van der Waals surface area contributed by atoms with Crippen molar-refractivity contribution in [3.63, 3.8) is 0 Å². The van der Waals surface area contributed by atoms with E-state index in [1.807, 2.05) is 0 Å². The number of anilines is 2. The van der Waals surface area contributed by atoms with Crippen molar-refractivity contribution >= 4 is 17.5 Å². The molecule has 0 saturated carbocycles. The summed E-state index contributed by atoms with van der Waals surface area (Å²) in [6.07, 6.45) is 8.06. The molecule has 0 radical (unpaired) electrons. The molecule has 30 heavy (non-hydrogen) atoms. The second-order valence-corrected chi connectivity index (χ2v) is 7.81. The SMILES string of the molecule is O=C(Nc1cc(-c2cncc(NCC3CCOCC3)n2)c(F)cn1)C1CCCNC1. The summed E-state index contributed by atoms with van der Waals surface area (Å²) < 4.78 is 19.9. The number of hydrogen-bond acceptors (Lipinski definition) is 7. The standard InChI is InChI=1S/C21H27FN6O2/c22-17-11-26-19(28-21(29)15-2-1-5-23-10-15)8-16(17)18-12-24-13-20(27-18)25-9-14-3-6-30-7-4-14/h8,11-15,23H,1-7,9-10H2,(H,25,27)(H,26,28,29). The lowest BCUT2D eigenvalue weighted by atomic mass is 9.99. The monoisotopic (exact) mass is 414 g/mol. The van der Waals surface area contributed by atoms with E-state index in [2.05, 4.69) is 30.9 Å². The molecule has 1 unspecified atom stereocenters. The Labute approximate surface area is 175 Å². The zero-order valence-corrected chi connectivity index (χ0v) is 16.9. The maximum absolute atomic E-state index is 14.5. The van der Waals surface area contributed by atoms with Crippen molar-refractivity contribution in [3.8, 4) is 11.3 Å². The van der Waals surface area contributed by atoms with Gasteiger partial charge in [-0.1, -0.05) is 0 Å². The summed E-state index contributed by atoms with van der Waals surface area (Å²) >= 11 is 0. The van der Waals surface area contributed by atoms with E-state index >= 15 is 0 Å². The fraction of sp³-hybridized carbons (Fsp3) is 0.524. The molecule has 1 amide bonds. The predicted molar refractivity (Wildman–Crippen MR) is 111 cm³/mol. The molecule has 1 atom stereocenters.